The molecule has 0 aliphatic heterocycles. The summed E-state index contributed by atoms with van der Waals surface area (Å²) in [6, 6.07) is 14.6. The van der Waals surface area contributed by atoms with E-state index in [0.29, 0.717) is 6.54 Å². The number of hydrogen-bond donors (Lipinski definition) is 1. The van der Waals surface area contributed by atoms with Crippen molar-refractivity contribution in [3.05, 3.63) is 42.5 Å². The topological polar surface area (TPSA) is 40.2 Å². The van der Waals surface area contributed by atoms with Crippen molar-refractivity contribution in [2.75, 3.05) is 13.7 Å². The number of benzene rings is 2. The van der Waals surface area contributed by atoms with Gasteiger partial charge in [-0.25, -0.2) is 0 Å². The number of hydrogen-bond acceptors (Lipinski definition) is 2. The molecule has 0 aliphatic rings. The summed E-state index contributed by atoms with van der Waals surface area (Å²) < 4.78 is 7.56. The van der Waals surface area contributed by atoms with Gasteiger partial charge in [-0.1, -0.05) is 18.2 Å². The molecule has 0 aliphatic carbocycles. The van der Waals surface area contributed by atoms with Gasteiger partial charge in [-0.3, -0.25) is 0 Å². The Morgan fingerprint density at radius 2 is 1.83 bits per heavy atom. The lowest BCUT2D eigenvalue weighted by Crippen LogP contribution is -2.09. The highest BCUT2D eigenvalue weighted by atomic mass is 16.5. The van der Waals surface area contributed by atoms with E-state index in [1.807, 2.05) is 6.07 Å². The van der Waals surface area contributed by atoms with Crippen LogP contribution in [-0.4, -0.2) is 18.2 Å². The van der Waals surface area contributed by atoms with Crippen LogP contribution in [0.3, 0.4) is 0 Å². The molecule has 0 amide bonds. The van der Waals surface area contributed by atoms with Crippen molar-refractivity contribution < 1.29 is 4.74 Å². The minimum absolute atomic E-state index is 0.630. The van der Waals surface area contributed by atoms with Gasteiger partial charge in [-0.15, -0.1) is 0 Å². The van der Waals surface area contributed by atoms with Crippen molar-refractivity contribution in [1.29, 1.82) is 0 Å². The number of methoxy groups -OCH3 is 1. The van der Waals surface area contributed by atoms with E-state index in [1.54, 1.807) is 7.11 Å². The van der Waals surface area contributed by atoms with Crippen molar-refractivity contribution in [3.8, 4) is 5.75 Å². The van der Waals surface area contributed by atoms with Crippen molar-refractivity contribution in [2.24, 2.45) is 5.73 Å². The first-order valence-corrected chi connectivity index (χ1v) is 6.10. The molecule has 0 bridgehead atoms. The van der Waals surface area contributed by atoms with Gasteiger partial charge in [0, 0.05) is 35.4 Å². The number of nitrogens with two attached hydrogens (primary N) is 1. The van der Waals surface area contributed by atoms with Gasteiger partial charge in [0.15, 0.2) is 0 Å². The van der Waals surface area contributed by atoms with E-state index in [1.165, 1.54) is 21.8 Å². The molecule has 3 rings (SSSR count). The molecule has 0 unspecified atom stereocenters. The van der Waals surface area contributed by atoms with Gasteiger partial charge in [0.25, 0.3) is 0 Å². The molecule has 18 heavy (non-hydrogen) atoms. The van der Waals surface area contributed by atoms with Crippen LogP contribution in [0.2, 0.25) is 0 Å². The van der Waals surface area contributed by atoms with E-state index in [-0.39, 0.29) is 0 Å². The standard InChI is InChI=1S/C15H16N2O/c1-18-11-6-7-13-12-4-2-3-5-14(12)17(9-8-16)15(13)10-11/h2-7,10H,8-9,16H2,1H3. The molecule has 0 fully saturated rings. The molecule has 1 heterocycles. The Balaban J connectivity index is 2.42. The van der Waals surface area contributed by atoms with Crippen LogP contribution >= 0.6 is 0 Å². The molecule has 92 valence electrons. The summed E-state index contributed by atoms with van der Waals surface area (Å²) in [7, 11) is 1.69. The van der Waals surface area contributed by atoms with Crippen molar-refractivity contribution >= 4 is 21.8 Å². The number of para-hydroxylation sites is 1. The second-order valence-electron chi connectivity index (χ2n) is 4.34. The van der Waals surface area contributed by atoms with Crippen molar-refractivity contribution in [1.82, 2.24) is 4.57 Å². The first kappa shape index (κ1) is 11.1. The average molecular weight is 240 g/mol. The molecule has 3 aromatic rings. The molecule has 0 saturated carbocycles. The Morgan fingerprint density at radius 3 is 2.61 bits per heavy atom. The number of nitrogens with zero attached hydrogens (tertiary/aromatic N) is 1. The third-order valence-corrected chi connectivity index (χ3v) is 3.33. The van der Waals surface area contributed by atoms with Crippen LogP contribution in [0.25, 0.3) is 21.8 Å². The SMILES string of the molecule is COc1ccc2c3ccccc3n(CCN)c2c1. The van der Waals surface area contributed by atoms with Crippen LogP contribution in [0.1, 0.15) is 0 Å². The zero-order valence-corrected chi connectivity index (χ0v) is 10.4. The van der Waals surface area contributed by atoms with Crippen LogP contribution in [0.15, 0.2) is 42.5 Å². The minimum Gasteiger partial charge on any atom is -0.497 e. The molecular formula is C15H16N2O. The van der Waals surface area contributed by atoms with Crippen LogP contribution in [0, 0.1) is 0 Å². The fourth-order valence-electron chi connectivity index (χ4n) is 2.53. The van der Waals surface area contributed by atoms with Gasteiger partial charge in [-0.2, -0.15) is 0 Å². The summed E-state index contributed by atoms with van der Waals surface area (Å²) >= 11 is 0. The van der Waals surface area contributed by atoms with E-state index >= 15 is 0 Å². The van der Waals surface area contributed by atoms with Crippen LogP contribution < -0.4 is 10.5 Å². The van der Waals surface area contributed by atoms with E-state index in [0.717, 1.165) is 12.3 Å². The van der Waals surface area contributed by atoms with Crippen LogP contribution in [0.5, 0.6) is 5.75 Å². The summed E-state index contributed by atoms with van der Waals surface area (Å²) in [5, 5.41) is 2.52. The molecule has 3 nitrogen and oxygen atoms in total. The third-order valence-electron chi connectivity index (χ3n) is 3.33. The van der Waals surface area contributed by atoms with Crippen molar-refractivity contribution in [3.63, 3.8) is 0 Å². The second kappa shape index (κ2) is 4.35. The fraction of sp³-hybridized carbons (Fsp3) is 0.200. The quantitative estimate of drug-likeness (QED) is 0.764. The first-order valence-electron chi connectivity index (χ1n) is 6.10. The Labute approximate surface area is 106 Å². The lowest BCUT2D eigenvalue weighted by atomic mass is 10.1. The molecule has 1 aromatic heterocycles. The second-order valence-corrected chi connectivity index (χ2v) is 4.34. The molecule has 0 saturated heterocycles. The largest absolute Gasteiger partial charge is 0.497 e. The molecule has 0 spiro atoms. The minimum atomic E-state index is 0.630. The zero-order valence-electron chi connectivity index (χ0n) is 10.4. The highest BCUT2D eigenvalue weighted by molar-refractivity contribution is 6.08. The average Bonchev–Trinajstić information content (AvgIpc) is 2.73. The highest BCUT2D eigenvalue weighted by Crippen LogP contribution is 2.31. The maximum atomic E-state index is 5.72. The Kier molecular flexibility index (Phi) is 2.68. The predicted molar refractivity (Wildman–Crippen MR) is 75.1 cm³/mol. The summed E-state index contributed by atoms with van der Waals surface area (Å²) in [6.07, 6.45) is 0. The van der Waals surface area contributed by atoms with Gasteiger partial charge in [-0.05, 0) is 18.2 Å². The summed E-state index contributed by atoms with van der Waals surface area (Å²) in [5.41, 5.74) is 8.13. The predicted octanol–water partition coefficient (Wildman–Crippen LogP) is 2.76. The fourth-order valence-corrected chi connectivity index (χ4v) is 2.53. The maximum Gasteiger partial charge on any atom is 0.120 e. The maximum absolute atomic E-state index is 5.72. The molecule has 0 atom stereocenters. The van der Waals surface area contributed by atoms with Gasteiger partial charge in [0.1, 0.15) is 5.75 Å². The first-order chi connectivity index (χ1) is 8.85. The highest BCUT2D eigenvalue weighted by Gasteiger charge is 2.10. The lowest BCUT2D eigenvalue weighted by Gasteiger charge is -2.06. The number of aromatic nitrogens is 1. The number of fused-ring (bicyclic) bond motifs is 3. The smallest absolute Gasteiger partial charge is 0.120 e. The Bertz CT molecular complexity index is 700. The van der Waals surface area contributed by atoms with E-state index in [4.69, 9.17) is 10.5 Å². The van der Waals surface area contributed by atoms with Gasteiger partial charge >= 0.3 is 0 Å². The molecular weight excluding hydrogens is 224 g/mol. The summed E-state index contributed by atoms with van der Waals surface area (Å²) in [4.78, 5) is 0. The van der Waals surface area contributed by atoms with Gasteiger partial charge in [0.05, 0.1) is 12.6 Å². The molecule has 3 heteroatoms. The normalized spacial score (nSPS) is 11.2. The monoisotopic (exact) mass is 240 g/mol. The molecule has 0 radical (unpaired) electrons. The van der Waals surface area contributed by atoms with Gasteiger partial charge < -0.3 is 15.0 Å². The summed E-state index contributed by atoms with van der Waals surface area (Å²) in [6.45, 7) is 1.45. The third kappa shape index (κ3) is 1.56. The lowest BCUT2D eigenvalue weighted by molar-refractivity contribution is 0.415. The van der Waals surface area contributed by atoms with E-state index in [9.17, 15) is 0 Å². The van der Waals surface area contributed by atoms with Crippen LogP contribution in [-0.2, 0) is 6.54 Å². The van der Waals surface area contributed by atoms with E-state index in [2.05, 4.69) is 41.0 Å². The van der Waals surface area contributed by atoms with E-state index < -0.39 is 0 Å². The zero-order chi connectivity index (χ0) is 12.5. The van der Waals surface area contributed by atoms with Crippen molar-refractivity contribution in [2.45, 2.75) is 6.54 Å². The molecule has 2 aromatic carbocycles. The molecule has 2 N–H and O–H groups in total. The van der Waals surface area contributed by atoms with Gasteiger partial charge in [0.2, 0.25) is 0 Å². The number of rotatable bonds is 3. The summed E-state index contributed by atoms with van der Waals surface area (Å²) in [5.74, 6) is 0.878. The Hall–Kier alpha value is -2.00. The van der Waals surface area contributed by atoms with Crippen LogP contribution in [0.4, 0.5) is 0 Å². The number of ether oxygens (including phenoxy) is 1. The Morgan fingerprint density at radius 1 is 1.06 bits per heavy atom.